The Kier molecular flexibility index (Phi) is 4.12. The fourth-order valence-corrected chi connectivity index (χ4v) is 0.273. The summed E-state index contributed by atoms with van der Waals surface area (Å²) < 4.78 is 6.18. The summed E-state index contributed by atoms with van der Waals surface area (Å²) in [6.07, 6.45) is -0.585. The average molecular weight is 139 g/mol. The monoisotopic (exact) mass is 139 g/mol. The smallest absolute Gasteiger partial charge is 0.417 e. The molecule has 0 bridgehead atoms. The largest absolute Gasteiger partial charge is 0.438 e. The third-order valence-corrected chi connectivity index (χ3v) is 0.599. The van der Waals surface area contributed by atoms with Crippen LogP contribution in [-0.4, -0.2) is 12.0 Å². The normalized spacial score (nSPS) is 7.71. The molecule has 0 radical (unpaired) electrons. The molecule has 0 heterocycles. The van der Waals surface area contributed by atoms with Gasteiger partial charge in [-0.25, -0.2) is 4.79 Å². The topological polar surface area (TPSA) is 38.3 Å². The fraction of sp³-hybridized carbons (Fsp3) is 0.500. The van der Waals surface area contributed by atoms with Crippen LogP contribution in [0.3, 0.4) is 0 Å². The van der Waals surface area contributed by atoms with Crippen molar-refractivity contribution in [3.8, 4) is 0 Å². The van der Waals surface area contributed by atoms with E-state index in [0.29, 0.717) is 0 Å². The van der Waals surface area contributed by atoms with Crippen LogP contribution in [0.5, 0.6) is 0 Å². The Morgan fingerprint density at radius 2 is 2.43 bits per heavy atom. The van der Waals surface area contributed by atoms with E-state index in [9.17, 15) is 4.79 Å². The van der Waals surface area contributed by atoms with Gasteiger partial charge in [0.25, 0.3) is 0 Å². The summed E-state index contributed by atoms with van der Waals surface area (Å²) in [5, 5.41) is 0. The van der Waals surface area contributed by atoms with Crippen molar-refractivity contribution in [3.05, 3.63) is 0 Å². The van der Waals surface area contributed by atoms with Crippen molar-refractivity contribution >= 4 is 31.5 Å². The van der Waals surface area contributed by atoms with Gasteiger partial charge >= 0.3 is 6.09 Å². The Bertz CT molecular complexity index is 66.7. The fourth-order valence-electron chi connectivity index (χ4n) is 0.0909. The number of hydrogen-bond acceptors (Lipinski definition) is 4. The molecule has 0 atom stereocenters. The van der Waals surface area contributed by atoms with Crippen LogP contribution in [0.25, 0.3) is 0 Å². The predicted octanol–water partition coefficient (Wildman–Crippen LogP) is 0.445. The number of nitrogens with one attached hydrogen (secondary N) is 1. The summed E-state index contributed by atoms with van der Waals surface area (Å²) in [6.45, 7) is 0. The minimum Gasteiger partial charge on any atom is -0.438 e. The molecular weight excluding hydrogens is 134 g/mol. The maximum absolute atomic E-state index is 9.95. The number of hydrogen-bond donors (Lipinski definition) is 3. The Labute approximate surface area is 52.4 Å². The zero-order chi connectivity index (χ0) is 5.70. The van der Waals surface area contributed by atoms with Gasteiger partial charge in [-0.2, -0.15) is 0 Å². The van der Waals surface area contributed by atoms with Crippen LogP contribution in [0.4, 0.5) is 4.79 Å². The van der Waals surface area contributed by atoms with Crippen molar-refractivity contribution in [1.82, 2.24) is 4.72 Å². The highest BCUT2D eigenvalue weighted by Gasteiger charge is 1.90. The number of thiol groups is 2. The summed E-state index contributed by atoms with van der Waals surface area (Å²) in [5.41, 5.74) is 0. The molecule has 0 saturated carbocycles. The van der Waals surface area contributed by atoms with Gasteiger partial charge in [0.2, 0.25) is 0 Å². The second kappa shape index (κ2) is 4.14. The molecule has 5 heteroatoms. The van der Waals surface area contributed by atoms with Gasteiger partial charge in [0.1, 0.15) is 5.94 Å². The third-order valence-electron chi connectivity index (χ3n) is 0.287. The highest BCUT2D eigenvalue weighted by Crippen LogP contribution is 1.79. The summed E-state index contributed by atoms with van der Waals surface area (Å²) in [7, 11) is 0. The lowest BCUT2D eigenvalue weighted by atomic mass is 11.2. The maximum Gasteiger partial charge on any atom is 0.417 e. The van der Waals surface area contributed by atoms with E-state index < -0.39 is 6.09 Å². The summed E-state index contributed by atoms with van der Waals surface area (Å²) in [4.78, 5) is 9.95. The predicted molar refractivity (Wildman–Crippen MR) is 32.5 cm³/mol. The van der Waals surface area contributed by atoms with Crippen LogP contribution in [0.1, 0.15) is 0 Å². The first-order chi connectivity index (χ1) is 3.31. The van der Waals surface area contributed by atoms with Crippen LogP contribution in [0.15, 0.2) is 0 Å². The molecule has 0 spiro atoms. The highest BCUT2D eigenvalue weighted by atomic mass is 32.1. The van der Waals surface area contributed by atoms with E-state index in [0.717, 1.165) is 0 Å². The molecule has 7 heavy (non-hydrogen) atoms. The molecule has 0 rings (SSSR count). The van der Waals surface area contributed by atoms with Gasteiger partial charge in [-0.15, -0.1) is 12.6 Å². The second-order valence-electron chi connectivity index (χ2n) is 0.673. The SMILES string of the molecule is O=C(NS)OCS. The summed E-state index contributed by atoms with van der Waals surface area (Å²) in [5.74, 6) is 0.0758. The van der Waals surface area contributed by atoms with E-state index in [1.165, 1.54) is 0 Å². The van der Waals surface area contributed by atoms with Gasteiger partial charge in [0, 0.05) is 0 Å². The molecule has 0 aromatic carbocycles. The van der Waals surface area contributed by atoms with E-state index in [1.807, 2.05) is 4.72 Å². The van der Waals surface area contributed by atoms with Crippen LogP contribution >= 0.6 is 25.4 Å². The maximum atomic E-state index is 9.95. The molecular formula is C2H5NO2S2. The molecule has 0 aromatic heterocycles. The van der Waals surface area contributed by atoms with Crippen LogP contribution in [-0.2, 0) is 4.74 Å². The minimum absolute atomic E-state index is 0.0758. The summed E-state index contributed by atoms with van der Waals surface area (Å²) in [6, 6.07) is 0. The van der Waals surface area contributed by atoms with Gasteiger partial charge in [-0.05, 0) is 0 Å². The molecule has 0 aliphatic rings. The van der Waals surface area contributed by atoms with E-state index in [1.54, 1.807) is 0 Å². The molecule has 42 valence electrons. The van der Waals surface area contributed by atoms with Crippen LogP contribution in [0, 0.1) is 0 Å². The minimum atomic E-state index is -0.585. The molecule has 1 N–H and O–H groups in total. The molecule has 0 aliphatic carbocycles. The lowest BCUT2D eigenvalue weighted by Crippen LogP contribution is -2.12. The van der Waals surface area contributed by atoms with Gasteiger partial charge in [0.15, 0.2) is 0 Å². The molecule has 0 fully saturated rings. The van der Waals surface area contributed by atoms with Crippen LogP contribution in [0.2, 0.25) is 0 Å². The second-order valence-corrected chi connectivity index (χ2v) is 1.15. The van der Waals surface area contributed by atoms with Crippen LogP contribution < -0.4 is 4.72 Å². The molecule has 3 nitrogen and oxygen atoms in total. The molecule has 0 unspecified atom stereocenters. The zero-order valence-electron chi connectivity index (χ0n) is 3.42. The van der Waals surface area contributed by atoms with E-state index >= 15 is 0 Å². The van der Waals surface area contributed by atoms with E-state index in [-0.39, 0.29) is 5.94 Å². The number of rotatable bonds is 1. The number of ether oxygens (including phenoxy) is 1. The molecule has 0 aliphatic heterocycles. The van der Waals surface area contributed by atoms with Crippen molar-refractivity contribution in [2.75, 3.05) is 5.94 Å². The third kappa shape index (κ3) is 3.81. The van der Waals surface area contributed by atoms with Crippen molar-refractivity contribution in [3.63, 3.8) is 0 Å². The number of carbonyl (C=O) groups excluding carboxylic acids is 1. The first-order valence-corrected chi connectivity index (χ1v) is 2.57. The standard InChI is InChI=1S/C2H5NO2S2/c4-2(3-7)5-1-6/h6-7H,1H2,(H,3,4). The van der Waals surface area contributed by atoms with E-state index in [4.69, 9.17) is 0 Å². The first-order valence-electron chi connectivity index (χ1n) is 1.49. The first kappa shape index (κ1) is 6.97. The number of amides is 1. The molecule has 1 amide bonds. The van der Waals surface area contributed by atoms with Gasteiger partial charge in [0.05, 0.1) is 0 Å². The van der Waals surface area contributed by atoms with Gasteiger partial charge in [-0.1, -0.05) is 12.8 Å². The summed E-state index contributed by atoms with van der Waals surface area (Å²) >= 11 is 6.99. The highest BCUT2D eigenvalue weighted by molar-refractivity contribution is 7.80. The van der Waals surface area contributed by atoms with E-state index in [2.05, 4.69) is 30.2 Å². The van der Waals surface area contributed by atoms with Crippen molar-refractivity contribution in [2.24, 2.45) is 0 Å². The molecule has 0 saturated heterocycles. The zero-order valence-corrected chi connectivity index (χ0v) is 5.21. The number of carbonyl (C=O) groups is 1. The average Bonchev–Trinajstić information content (AvgIpc) is 1.68. The Hall–Kier alpha value is -0.0300. The van der Waals surface area contributed by atoms with Crippen molar-refractivity contribution in [1.29, 1.82) is 0 Å². The van der Waals surface area contributed by atoms with Gasteiger partial charge < -0.3 is 4.74 Å². The van der Waals surface area contributed by atoms with Gasteiger partial charge in [-0.3, -0.25) is 4.72 Å². The lowest BCUT2D eigenvalue weighted by molar-refractivity contribution is 0.174. The van der Waals surface area contributed by atoms with Crippen molar-refractivity contribution < 1.29 is 9.53 Å². The lowest BCUT2D eigenvalue weighted by Gasteiger charge is -1.94. The van der Waals surface area contributed by atoms with Crippen molar-refractivity contribution in [2.45, 2.75) is 0 Å². The quantitative estimate of drug-likeness (QED) is 0.364. The Morgan fingerprint density at radius 3 is 2.57 bits per heavy atom. The Balaban J connectivity index is 3.00. The molecule has 0 aromatic rings. The Morgan fingerprint density at radius 1 is 1.86 bits per heavy atom.